The van der Waals surface area contributed by atoms with Crippen LogP contribution in [0, 0.1) is 0 Å². The maximum absolute atomic E-state index is 11.0. The predicted molar refractivity (Wildman–Crippen MR) is 47.9 cm³/mol. The Kier molecular flexibility index (Phi) is 2.89. The Morgan fingerprint density at radius 2 is 2.31 bits per heavy atom. The van der Waals surface area contributed by atoms with Crippen molar-refractivity contribution in [2.24, 2.45) is 0 Å². The molecule has 1 aromatic heterocycles. The zero-order valence-corrected chi connectivity index (χ0v) is 7.97. The number of nitrogens with zero attached hydrogens (tertiary/aromatic N) is 1. The molecule has 0 atom stereocenters. The minimum Gasteiger partial charge on any atom is -0.313 e. The van der Waals surface area contributed by atoms with Gasteiger partial charge >= 0.3 is 5.69 Å². The summed E-state index contributed by atoms with van der Waals surface area (Å²) < 4.78 is 25.4. The molecule has 2 N–H and O–H groups in total. The minimum atomic E-state index is -3.24. The van der Waals surface area contributed by atoms with Gasteiger partial charge in [0.15, 0.2) is 0 Å². The van der Waals surface area contributed by atoms with Crippen LogP contribution in [0.15, 0.2) is 17.2 Å². The van der Waals surface area contributed by atoms with Crippen LogP contribution >= 0.6 is 0 Å². The molecule has 0 spiro atoms. The van der Waals surface area contributed by atoms with Crippen molar-refractivity contribution in [2.45, 2.75) is 6.54 Å². The average Bonchev–Trinajstić information content (AvgIpc) is 2.48. The second-order valence-corrected chi connectivity index (χ2v) is 4.53. The van der Waals surface area contributed by atoms with Gasteiger partial charge in [0.2, 0.25) is 10.0 Å². The van der Waals surface area contributed by atoms with E-state index in [9.17, 15) is 13.2 Å². The number of sulfonamides is 1. The molecule has 0 aliphatic carbocycles. The summed E-state index contributed by atoms with van der Waals surface area (Å²) in [6.45, 7) is 0.158. The van der Waals surface area contributed by atoms with E-state index in [0.717, 1.165) is 0 Å². The summed E-state index contributed by atoms with van der Waals surface area (Å²) in [6, 6.07) is 0. The van der Waals surface area contributed by atoms with Crippen molar-refractivity contribution in [3.05, 3.63) is 22.9 Å². The number of hydrogen-bond acceptors (Lipinski definition) is 3. The van der Waals surface area contributed by atoms with Crippen LogP contribution in [-0.2, 0) is 16.6 Å². The average molecular weight is 205 g/mol. The van der Waals surface area contributed by atoms with E-state index in [1.807, 2.05) is 0 Å². The Morgan fingerprint density at radius 3 is 2.77 bits per heavy atom. The quantitative estimate of drug-likeness (QED) is 0.642. The third-order valence-electron chi connectivity index (χ3n) is 1.63. The summed E-state index contributed by atoms with van der Waals surface area (Å²) >= 11 is 0. The van der Waals surface area contributed by atoms with Gasteiger partial charge in [-0.2, -0.15) is 0 Å². The lowest BCUT2D eigenvalue weighted by Crippen LogP contribution is -2.27. The van der Waals surface area contributed by atoms with E-state index in [1.165, 1.54) is 24.0 Å². The molecule has 0 aromatic carbocycles. The van der Waals surface area contributed by atoms with Gasteiger partial charge in [-0.3, -0.25) is 4.57 Å². The molecule has 0 radical (unpaired) electrons. The molecule has 1 heterocycles. The fraction of sp³-hybridized carbons (Fsp3) is 0.500. The number of aromatic amines is 1. The van der Waals surface area contributed by atoms with Crippen LogP contribution in [0.1, 0.15) is 0 Å². The lowest BCUT2D eigenvalue weighted by molar-refractivity contribution is 0.579. The molecule has 0 bridgehead atoms. The summed E-state index contributed by atoms with van der Waals surface area (Å²) in [7, 11) is -1.89. The molecule has 74 valence electrons. The van der Waals surface area contributed by atoms with Crippen molar-refractivity contribution in [2.75, 3.05) is 12.8 Å². The third kappa shape index (κ3) is 2.71. The standard InChI is InChI=1S/C6H11N3O3S/c1-7-13(11,12)5-4-9-3-2-8-6(9)10/h2-3,7H,4-5H2,1H3,(H,8,10). The number of H-pyrrole nitrogens is 1. The van der Waals surface area contributed by atoms with E-state index in [4.69, 9.17) is 0 Å². The van der Waals surface area contributed by atoms with Gasteiger partial charge in [-0.1, -0.05) is 0 Å². The minimum absolute atomic E-state index is 0.0960. The number of aryl methyl sites for hydroxylation is 1. The fourth-order valence-electron chi connectivity index (χ4n) is 0.846. The SMILES string of the molecule is CNS(=O)(=O)CCn1cc[nH]c1=O. The molecule has 0 aliphatic heterocycles. The molecule has 0 saturated heterocycles. The first-order chi connectivity index (χ1) is 6.05. The Hall–Kier alpha value is -1.08. The van der Waals surface area contributed by atoms with Crippen molar-refractivity contribution < 1.29 is 8.42 Å². The van der Waals surface area contributed by atoms with Crippen LogP contribution in [0.2, 0.25) is 0 Å². The van der Waals surface area contributed by atoms with Crippen LogP contribution in [0.3, 0.4) is 0 Å². The van der Waals surface area contributed by atoms with Crippen molar-refractivity contribution in [1.82, 2.24) is 14.3 Å². The van der Waals surface area contributed by atoms with Crippen molar-refractivity contribution >= 4 is 10.0 Å². The van der Waals surface area contributed by atoms with Gasteiger partial charge in [-0.15, -0.1) is 0 Å². The lowest BCUT2D eigenvalue weighted by atomic mass is 10.7. The van der Waals surface area contributed by atoms with E-state index in [-0.39, 0.29) is 18.0 Å². The van der Waals surface area contributed by atoms with Crippen molar-refractivity contribution in [1.29, 1.82) is 0 Å². The summed E-state index contributed by atoms with van der Waals surface area (Å²) in [5.74, 6) is -0.0960. The molecule has 6 nitrogen and oxygen atoms in total. The highest BCUT2D eigenvalue weighted by atomic mass is 32.2. The number of nitrogens with one attached hydrogen (secondary N) is 2. The monoisotopic (exact) mass is 205 g/mol. The van der Waals surface area contributed by atoms with Gasteiger partial charge in [0.1, 0.15) is 0 Å². The van der Waals surface area contributed by atoms with E-state index in [1.54, 1.807) is 0 Å². The predicted octanol–water partition coefficient (Wildman–Crippen LogP) is -1.27. The first-order valence-corrected chi connectivity index (χ1v) is 5.35. The molecule has 0 unspecified atom stereocenters. The van der Waals surface area contributed by atoms with Crippen molar-refractivity contribution in [3.63, 3.8) is 0 Å². The second kappa shape index (κ2) is 3.75. The highest BCUT2D eigenvalue weighted by Crippen LogP contribution is 1.86. The molecular weight excluding hydrogens is 194 g/mol. The molecule has 7 heteroatoms. The van der Waals surface area contributed by atoms with E-state index in [0.29, 0.717) is 0 Å². The maximum atomic E-state index is 11.0. The lowest BCUT2D eigenvalue weighted by Gasteiger charge is -2.01. The van der Waals surface area contributed by atoms with Gasteiger partial charge in [0.25, 0.3) is 0 Å². The van der Waals surface area contributed by atoms with Crippen LogP contribution in [-0.4, -0.2) is 30.8 Å². The van der Waals surface area contributed by atoms with Crippen LogP contribution < -0.4 is 10.4 Å². The fourth-order valence-corrected chi connectivity index (χ4v) is 1.49. The molecule has 13 heavy (non-hydrogen) atoms. The summed E-state index contributed by atoms with van der Waals surface area (Å²) in [4.78, 5) is 13.3. The molecule has 0 fully saturated rings. The number of aromatic nitrogens is 2. The van der Waals surface area contributed by atoms with Crippen LogP contribution in [0.4, 0.5) is 0 Å². The Balaban J connectivity index is 2.64. The molecule has 0 amide bonds. The molecule has 1 aromatic rings. The van der Waals surface area contributed by atoms with Gasteiger partial charge in [-0.05, 0) is 7.05 Å². The maximum Gasteiger partial charge on any atom is 0.325 e. The highest BCUT2D eigenvalue weighted by Gasteiger charge is 2.07. The van der Waals surface area contributed by atoms with Gasteiger partial charge in [-0.25, -0.2) is 17.9 Å². The Morgan fingerprint density at radius 1 is 1.62 bits per heavy atom. The number of imidazole rings is 1. The topological polar surface area (TPSA) is 84.0 Å². The van der Waals surface area contributed by atoms with Crippen LogP contribution in [0.25, 0.3) is 0 Å². The van der Waals surface area contributed by atoms with E-state index < -0.39 is 10.0 Å². The highest BCUT2D eigenvalue weighted by molar-refractivity contribution is 7.89. The Labute approximate surface area is 75.6 Å². The van der Waals surface area contributed by atoms with Crippen molar-refractivity contribution in [3.8, 4) is 0 Å². The van der Waals surface area contributed by atoms with Gasteiger partial charge < -0.3 is 4.98 Å². The first kappa shape index (κ1) is 10.0. The van der Waals surface area contributed by atoms with Gasteiger partial charge in [0.05, 0.1) is 5.75 Å². The normalized spacial score (nSPS) is 11.8. The Bertz CT molecular complexity index is 416. The molecular formula is C6H11N3O3S. The third-order valence-corrected chi connectivity index (χ3v) is 2.98. The smallest absolute Gasteiger partial charge is 0.313 e. The van der Waals surface area contributed by atoms with Gasteiger partial charge in [0, 0.05) is 18.9 Å². The number of hydrogen-bond donors (Lipinski definition) is 2. The largest absolute Gasteiger partial charge is 0.325 e. The first-order valence-electron chi connectivity index (χ1n) is 3.70. The molecule has 0 aliphatic rings. The molecule has 1 rings (SSSR count). The molecule has 0 saturated carbocycles. The summed E-state index contributed by atoms with van der Waals surface area (Å²) in [5.41, 5.74) is -0.300. The zero-order chi connectivity index (χ0) is 9.90. The second-order valence-electron chi connectivity index (χ2n) is 2.48. The zero-order valence-electron chi connectivity index (χ0n) is 7.15. The van der Waals surface area contributed by atoms with E-state index in [2.05, 4.69) is 9.71 Å². The van der Waals surface area contributed by atoms with Crippen LogP contribution in [0.5, 0.6) is 0 Å². The van der Waals surface area contributed by atoms with E-state index >= 15 is 0 Å². The summed E-state index contributed by atoms with van der Waals surface area (Å²) in [5, 5.41) is 0. The number of rotatable bonds is 4. The summed E-state index contributed by atoms with van der Waals surface area (Å²) in [6.07, 6.45) is 2.97.